The van der Waals surface area contributed by atoms with Crippen LogP contribution in [0, 0.1) is 6.92 Å². The fraction of sp³-hybridized carbons (Fsp3) is 0.273. The van der Waals surface area contributed by atoms with Crippen molar-refractivity contribution in [3.05, 3.63) is 71.6 Å². The van der Waals surface area contributed by atoms with Crippen LogP contribution < -0.4 is 4.90 Å². The molecule has 2 aromatic carbocycles. The van der Waals surface area contributed by atoms with Crippen LogP contribution in [-0.2, 0) is 17.5 Å². The smallest absolute Gasteiger partial charge is 0.416 e. The number of aromatic nitrogens is 1. The number of para-hydroxylation sites is 1. The standard InChI is InChI=1S/C22H20F3N3O2/c1-15-19(26-21(30-15)16-6-5-7-17(12-16)22(23,24)25)13-27-10-11-28(20(29)14-27)18-8-3-2-4-9-18/h2-9,12H,10-11,13-14H2,1H3. The number of benzene rings is 2. The minimum Gasteiger partial charge on any atom is -0.441 e. The molecule has 0 spiro atoms. The van der Waals surface area contributed by atoms with E-state index in [4.69, 9.17) is 4.42 Å². The Labute approximate surface area is 171 Å². The average Bonchev–Trinajstić information content (AvgIpc) is 3.09. The highest BCUT2D eigenvalue weighted by molar-refractivity contribution is 5.95. The molecular formula is C22H20F3N3O2. The van der Waals surface area contributed by atoms with E-state index in [0.29, 0.717) is 31.1 Å². The Balaban J connectivity index is 1.47. The Morgan fingerprint density at radius 2 is 1.83 bits per heavy atom. The second-order valence-electron chi connectivity index (χ2n) is 7.19. The molecule has 0 radical (unpaired) electrons. The fourth-order valence-corrected chi connectivity index (χ4v) is 3.48. The molecule has 1 aromatic heterocycles. The fourth-order valence-electron chi connectivity index (χ4n) is 3.48. The van der Waals surface area contributed by atoms with Crippen LogP contribution in [-0.4, -0.2) is 35.4 Å². The number of carbonyl (C=O) groups excluding carboxylic acids is 1. The van der Waals surface area contributed by atoms with Gasteiger partial charge in [0.15, 0.2) is 0 Å². The minimum absolute atomic E-state index is 0.00769. The molecule has 3 aromatic rings. The third-order valence-electron chi connectivity index (χ3n) is 5.07. The summed E-state index contributed by atoms with van der Waals surface area (Å²) in [4.78, 5) is 20.7. The maximum absolute atomic E-state index is 13.0. The van der Waals surface area contributed by atoms with Gasteiger partial charge in [0.1, 0.15) is 5.76 Å². The molecule has 1 aliphatic heterocycles. The normalized spacial score (nSPS) is 15.6. The Bertz CT molecular complexity index is 1050. The molecule has 5 nitrogen and oxygen atoms in total. The van der Waals surface area contributed by atoms with E-state index in [1.165, 1.54) is 12.1 Å². The number of aryl methyl sites for hydroxylation is 1. The van der Waals surface area contributed by atoms with Gasteiger partial charge in [-0.2, -0.15) is 13.2 Å². The van der Waals surface area contributed by atoms with E-state index in [-0.39, 0.29) is 23.9 Å². The van der Waals surface area contributed by atoms with Gasteiger partial charge in [0, 0.05) is 30.9 Å². The zero-order chi connectivity index (χ0) is 21.3. The summed E-state index contributed by atoms with van der Waals surface area (Å²) in [6, 6.07) is 14.4. The quantitative estimate of drug-likeness (QED) is 0.629. The Morgan fingerprint density at radius 1 is 1.07 bits per heavy atom. The summed E-state index contributed by atoms with van der Waals surface area (Å²) in [5.74, 6) is 0.662. The first-order valence-corrected chi connectivity index (χ1v) is 9.53. The van der Waals surface area contributed by atoms with Crippen LogP contribution in [0.4, 0.5) is 18.9 Å². The molecule has 156 valence electrons. The molecule has 0 aliphatic carbocycles. The van der Waals surface area contributed by atoms with Gasteiger partial charge in [-0.15, -0.1) is 0 Å². The topological polar surface area (TPSA) is 49.6 Å². The van der Waals surface area contributed by atoms with Gasteiger partial charge < -0.3 is 9.32 Å². The number of carbonyl (C=O) groups is 1. The molecule has 0 saturated carbocycles. The van der Waals surface area contributed by atoms with Crippen LogP contribution in [0.5, 0.6) is 0 Å². The predicted molar refractivity (Wildman–Crippen MR) is 106 cm³/mol. The molecule has 1 fully saturated rings. The van der Waals surface area contributed by atoms with E-state index in [1.54, 1.807) is 11.8 Å². The molecule has 30 heavy (non-hydrogen) atoms. The van der Waals surface area contributed by atoms with E-state index in [9.17, 15) is 18.0 Å². The largest absolute Gasteiger partial charge is 0.441 e. The van der Waals surface area contributed by atoms with E-state index < -0.39 is 11.7 Å². The Morgan fingerprint density at radius 3 is 2.53 bits per heavy atom. The lowest BCUT2D eigenvalue weighted by Crippen LogP contribution is -2.50. The first-order valence-electron chi connectivity index (χ1n) is 9.53. The van der Waals surface area contributed by atoms with Crippen LogP contribution >= 0.6 is 0 Å². The van der Waals surface area contributed by atoms with Crippen LogP contribution in [0.3, 0.4) is 0 Å². The maximum atomic E-state index is 13.0. The first kappa shape index (κ1) is 20.2. The lowest BCUT2D eigenvalue weighted by Gasteiger charge is -2.34. The van der Waals surface area contributed by atoms with Crippen molar-refractivity contribution >= 4 is 11.6 Å². The minimum atomic E-state index is -4.43. The number of hydrogen-bond acceptors (Lipinski definition) is 4. The van der Waals surface area contributed by atoms with Crippen LogP contribution in [0.25, 0.3) is 11.5 Å². The van der Waals surface area contributed by atoms with Gasteiger partial charge in [-0.1, -0.05) is 24.3 Å². The highest BCUT2D eigenvalue weighted by Gasteiger charge is 2.31. The summed E-state index contributed by atoms with van der Waals surface area (Å²) in [5, 5.41) is 0. The molecular weight excluding hydrogens is 395 g/mol. The van der Waals surface area contributed by atoms with Gasteiger partial charge in [0.2, 0.25) is 11.8 Å². The molecule has 2 heterocycles. The number of nitrogens with zero attached hydrogens (tertiary/aromatic N) is 3. The third kappa shape index (κ3) is 4.23. The number of oxazole rings is 1. The molecule has 0 bridgehead atoms. The van der Waals surface area contributed by atoms with Crippen molar-refractivity contribution in [2.24, 2.45) is 0 Å². The molecule has 8 heteroatoms. The number of amides is 1. The summed E-state index contributed by atoms with van der Waals surface area (Å²) in [6.45, 7) is 3.57. The molecule has 1 saturated heterocycles. The number of anilines is 1. The summed E-state index contributed by atoms with van der Waals surface area (Å²) >= 11 is 0. The first-order chi connectivity index (χ1) is 14.3. The Hall–Kier alpha value is -3.13. The van der Waals surface area contributed by atoms with Crippen molar-refractivity contribution in [3.8, 4) is 11.5 Å². The highest BCUT2D eigenvalue weighted by atomic mass is 19.4. The lowest BCUT2D eigenvalue weighted by molar-refractivity contribution is -0.137. The SMILES string of the molecule is Cc1oc(-c2cccc(C(F)(F)F)c2)nc1CN1CCN(c2ccccc2)C(=O)C1. The zero-order valence-electron chi connectivity index (χ0n) is 16.3. The maximum Gasteiger partial charge on any atom is 0.416 e. The highest BCUT2D eigenvalue weighted by Crippen LogP contribution is 2.32. The van der Waals surface area contributed by atoms with E-state index >= 15 is 0 Å². The number of hydrogen-bond donors (Lipinski definition) is 0. The number of alkyl halides is 3. The van der Waals surface area contributed by atoms with Gasteiger partial charge in [-0.05, 0) is 37.3 Å². The molecule has 0 atom stereocenters. The van der Waals surface area contributed by atoms with Crippen LogP contribution in [0.15, 0.2) is 59.0 Å². The second kappa shape index (κ2) is 7.95. The molecule has 0 N–H and O–H groups in total. The summed E-state index contributed by atoms with van der Waals surface area (Å²) in [6.07, 6.45) is -4.43. The predicted octanol–water partition coefficient (Wildman–Crippen LogP) is 4.52. The van der Waals surface area contributed by atoms with E-state index in [2.05, 4.69) is 4.98 Å². The second-order valence-corrected chi connectivity index (χ2v) is 7.19. The van der Waals surface area contributed by atoms with Crippen molar-refractivity contribution in [2.75, 3.05) is 24.5 Å². The van der Waals surface area contributed by atoms with E-state index in [0.717, 1.165) is 17.8 Å². The van der Waals surface area contributed by atoms with Gasteiger partial charge in [-0.25, -0.2) is 4.98 Å². The van der Waals surface area contributed by atoms with Gasteiger partial charge in [-0.3, -0.25) is 9.69 Å². The van der Waals surface area contributed by atoms with E-state index in [1.807, 2.05) is 35.2 Å². The summed E-state index contributed by atoms with van der Waals surface area (Å²) in [7, 11) is 0. The molecule has 1 aliphatic rings. The molecule has 0 unspecified atom stereocenters. The number of rotatable bonds is 4. The van der Waals surface area contributed by atoms with Crippen molar-refractivity contribution in [2.45, 2.75) is 19.6 Å². The van der Waals surface area contributed by atoms with Crippen molar-refractivity contribution < 1.29 is 22.4 Å². The third-order valence-corrected chi connectivity index (χ3v) is 5.07. The number of halogens is 3. The van der Waals surface area contributed by atoms with Gasteiger partial charge in [0.05, 0.1) is 17.8 Å². The van der Waals surface area contributed by atoms with Gasteiger partial charge >= 0.3 is 6.18 Å². The van der Waals surface area contributed by atoms with Crippen LogP contribution in [0.2, 0.25) is 0 Å². The van der Waals surface area contributed by atoms with Crippen molar-refractivity contribution in [1.29, 1.82) is 0 Å². The average molecular weight is 415 g/mol. The van der Waals surface area contributed by atoms with Gasteiger partial charge in [0.25, 0.3) is 0 Å². The van der Waals surface area contributed by atoms with Crippen molar-refractivity contribution in [3.63, 3.8) is 0 Å². The lowest BCUT2D eigenvalue weighted by atomic mass is 10.1. The summed E-state index contributed by atoms with van der Waals surface area (Å²) < 4.78 is 44.6. The number of piperazine rings is 1. The zero-order valence-corrected chi connectivity index (χ0v) is 16.3. The summed E-state index contributed by atoms with van der Waals surface area (Å²) in [5.41, 5.74) is 0.999. The molecule has 4 rings (SSSR count). The van der Waals surface area contributed by atoms with Crippen LogP contribution in [0.1, 0.15) is 17.0 Å². The Kier molecular flexibility index (Phi) is 5.34. The molecule has 1 amide bonds. The van der Waals surface area contributed by atoms with Crippen molar-refractivity contribution in [1.82, 2.24) is 9.88 Å². The monoisotopic (exact) mass is 415 g/mol.